The van der Waals surface area contributed by atoms with Gasteiger partial charge in [0.25, 0.3) is 6.43 Å². The average Bonchev–Trinajstić information content (AvgIpc) is 2.87. The highest BCUT2D eigenvalue weighted by Crippen LogP contribution is 2.35. The summed E-state index contributed by atoms with van der Waals surface area (Å²) in [7, 11) is 0. The molecule has 6 nitrogen and oxygen atoms in total. The fourth-order valence-electron chi connectivity index (χ4n) is 5.70. The molecular weight excluding hydrogens is 433 g/mol. The molecular formula is C21H36F5N5O. The lowest BCUT2D eigenvalue weighted by molar-refractivity contribution is -0.132. The van der Waals surface area contributed by atoms with Gasteiger partial charge in [-0.2, -0.15) is 0 Å². The van der Waals surface area contributed by atoms with Crippen molar-refractivity contribution >= 4 is 5.91 Å². The van der Waals surface area contributed by atoms with Crippen LogP contribution in [0.2, 0.25) is 0 Å². The van der Waals surface area contributed by atoms with E-state index in [0.29, 0.717) is 13.0 Å². The van der Waals surface area contributed by atoms with Crippen LogP contribution in [0, 0.1) is 11.8 Å². The number of carbonyl (C=O) groups is 1. The van der Waals surface area contributed by atoms with Gasteiger partial charge in [0, 0.05) is 38.0 Å². The van der Waals surface area contributed by atoms with Crippen molar-refractivity contribution in [1.82, 2.24) is 9.80 Å². The summed E-state index contributed by atoms with van der Waals surface area (Å²) in [5.74, 6) is -1.05. The third-order valence-electron chi connectivity index (χ3n) is 7.38. The fraction of sp³-hybridized carbons (Fsp3) is 0.952. The zero-order chi connectivity index (χ0) is 23.6. The minimum atomic E-state index is -2.76. The summed E-state index contributed by atoms with van der Waals surface area (Å²) in [6, 6.07) is -0.936. The summed E-state index contributed by atoms with van der Waals surface area (Å²) in [4.78, 5) is 16.0. The molecule has 6 N–H and O–H groups in total. The maximum absolute atomic E-state index is 14.1. The van der Waals surface area contributed by atoms with E-state index in [2.05, 4.69) is 0 Å². The standard InChI is InChI=1S/C21H36F5N5O/c22-14-8-16(24)15(23)6-12(14)5-13(27)7-19(32)30-9-11-3-1-2-4-17(11)31(18(28)10-30)21(29)20(25)26/h11-18,20-21H,1-10,27-29H2. The summed E-state index contributed by atoms with van der Waals surface area (Å²) in [5.41, 5.74) is 18.1. The van der Waals surface area contributed by atoms with Crippen LogP contribution in [0.5, 0.6) is 0 Å². The largest absolute Gasteiger partial charge is 0.339 e. The number of rotatable bonds is 6. The molecule has 3 rings (SSSR count). The molecule has 0 bridgehead atoms. The normalized spacial score (nSPS) is 38.8. The van der Waals surface area contributed by atoms with Gasteiger partial charge in [0.05, 0.1) is 6.17 Å². The molecule has 11 heteroatoms. The van der Waals surface area contributed by atoms with E-state index in [0.717, 1.165) is 19.3 Å². The first-order chi connectivity index (χ1) is 15.1. The summed E-state index contributed by atoms with van der Waals surface area (Å²) in [6.45, 7) is 0.422. The Morgan fingerprint density at radius 2 is 1.62 bits per heavy atom. The molecule has 2 aliphatic carbocycles. The number of carbonyl (C=O) groups excluding carboxylic acids is 1. The maximum Gasteiger partial charge on any atom is 0.266 e. The molecule has 9 atom stereocenters. The topological polar surface area (TPSA) is 102 Å². The second kappa shape index (κ2) is 10.9. The Morgan fingerprint density at radius 3 is 2.31 bits per heavy atom. The SMILES string of the molecule is NC(CC(=O)N1CC2CCCCC2N(C(N)C(F)F)C(N)C1)CC1CC(F)C(F)CC1F. The van der Waals surface area contributed by atoms with Crippen LogP contribution in [-0.2, 0) is 4.79 Å². The third-order valence-corrected chi connectivity index (χ3v) is 7.38. The fourth-order valence-corrected chi connectivity index (χ4v) is 5.70. The lowest BCUT2D eigenvalue weighted by Crippen LogP contribution is -2.62. The highest BCUT2D eigenvalue weighted by atomic mass is 19.3. The van der Waals surface area contributed by atoms with Gasteiger partial charge >= 0.3 is 0 Å². The molecule has 0 aromatic rings. The average molecular weight is 470 g/mol. The van der Waals surface area contributed by atoms with Crippen molar-refractivity contribution in [2.75, 3.05) is 13.1 Å². The Bertz CT molecular complexity index is 631. The molecule has 3 fully saturated rings. The summed E-state index contributed by atoms with van der Waals surface area (Å²) < 4.78 is 68.0. The number of alkyl halides is 5. The van der Waals surface area contributed by atoms with Crippen LogP contribution in [0.3, 0.4) is 0 Å². The van der Waals surface area contributed by atoms with Crippen molar-refractivity contribution in [2.45, 2.75) is 101 Å². The van der Waals surface area contributed by atoms with Gasteiger partial charge in [0.1, 0.15) is 24.7 Å². The zero-order valence-electron chi connectivity index (χ0n) is 18.3. The first kappa shape index (κ1) is 25.6. The van der Waals surface area contributed by atoms with Crippen molar-refractivity contribution < 1.29 is 26.7 Å². The first-order valence-corrected chi connectivity index (χ1v) is 11.6. The molecule has 186 valence electrons. The molecule has 0 spiro atoms. The number of nitrogens with two attached hydrogens (primary N) is 3. The number of hydrogen-bond acceptors (Lipinski definition) is 5. The third kappa shape index (κ3) is 5.90. The smallest absolute Gasteiger partial charge is 0.266 e. The lowest BCUT2D eigenvalue weighted by atomic mass is 9.81. The molecule has 0 aromatic carbocycles. The Kier molecular flexibility index (Phi) is 8.73. The van der Waals surface area contributed by atoms with Gasteiger partial charge in [-0.3, -0.25) is 9.69 Å². The van der Waals surface area contributed by atoms with Crippen LogP contribution < -0.4 is 17.2 Å². The zero-order valence-corrected chi connectivity index (χ0v) is 18.3. The van der Waals surface area contributed by atoms with Gasteiger partial charge in [-0.1, -0.05) is 12.8 Å². The number of fused-ring (bicyclic) bond motifs is 1. The molecule has 32 heavy (non-hydrogen) atoms. The minimum Gasteiger partial charge on any atom is -0.339 e. The number of hydrogen-bond donors (Lipinski definition) is 3. The van der Waals surface area contributed by atoms with Gasteiger partial charge in [-0.15, -0.1) is 0 Å². The molecule has 2 saturated carbocycles. The van der Waals surface area contributed by atoms with Gasteiger partial charge in [0.2, 0.25) is 5.91 Å². The van der Waals surface area contributed by atoms with Gasteiger partial charge < -0.3 is 22.1 Å². The van der Waals surface area contributed by atoms with Crippen molar-refractivity contribution in [3.05, 3.63) is 0 Å². The van der Waals surface area contributed by atoms with E-state index in [-0.39, 0.29) is 43.7 Å². The first-order valence-electron chi connectivity index (χ1n) is 11.6. The minimum absolute atomic E-state index is 0.0235. The molecule has 1 heterocycles. The second-order valence-electron chi connectivity index (χ2n) is 9.73. The Hall–Kier alpha value is -1.04. The van der Waals surface area contributed by atoms with Crippen LogP contribution in [0.1, 0.15) is 51.4 Å². The Morgan fingerprint density at radius 1 is 0.969 bits per heavy atom. The molecule has 1 amide bonds. The molecule has 0 aromatic heterocycles. The molecule has 1 aliphatic heterocycles. The van der Waals surface area contributed by atoms with E-state index in [9.17, 15) is 26.7 Å². The molecule has 3 aliphatic rings. The monoisotopic (exact) mass is 469 g/mol. The summed E-state index contributed by atoms with van der Waals surface area (Å²) in [6.07, 6.45) is -7.55. The van der Waals surface area contributed by atoms with Crippen LogP contribution in [0.15, 0.2) is 0 Å². The molecule has 0 radical (unpaired) electrons. The molecule has 9 unspecified atom stereocenters. The summed E-state index contributed by atoms with van der Waals surface area (Å²) >= 11 is 0. The van der Waals surface area contributed by atoms with E-state index in [1.54, 1.807) is 4.90 Å². The van der Waals surface area contributed by atoms with Crippen molar-refractivity contribution in [2.24, 2.45) is 29.0 Å². The highest BCUT2D eigenvalue weighted by Gasteiger charge is 2.43. The van der Waals surface area contributed by atoms with E-state index >= 15 is 0 Å². The lowest BCUT2D eigenvalue weighted by Gasteiger charge is -2.42. The van der Waals surface area contributed by atoms with Crippen LogP contribution in [0.25, 0.3) is 0 Å². The Balaban J connectivity index is 1.63. The van der Waals surface area contributed by atoms with Crippen LogP contribution in [0.4, 0.5) is 22.0 Å². The van der Waals surface area contributed by atoms with Crippen LogP contribution in [-0.4, -0.2) is 78.2 Å². The second-order valence-corrected chi connectivity index (χ2v) is 9.73. The molecule has 1 saturated heterocycles. The van der Waals surface area contributed by atoms with E-state index in [4.69, 9.17) is 17.2 Å². The van der Waals surface area contributed by atoms with Crippen molar-refractivity contribution in [3.8, 4) is 0 Å². The van der Waals surface area contributed by atoms with Crippen LogP contribution >= 0.6 is 0 Å². The highest BCUT2D eigenvalue weighted by molar-refractivity contribution is 5.77. The predicted octanol–water partition coefficient (Wildman–Crippen LogP) is 2.06. The van der Waals surface area contributed by atoms with E-state index in [1.165, 1.54) is 4.90 Å². The predicted molar refractivity (Wildman–Crippen MR) is 111 cm³/mol. The number of halogens is 5. The maximum atomic E-state index is 14.1. The van der Waals surface area contributed by atoms with Gasteiger partial charge in [-0.05, 0) is 37.5 Å². The number of nitrogens with zero attached hydrogens (tertiary/aromatic N) is 2. The van der Waals surface area contributed by atoms with Crippen molar-refractivity contribution in [1.29, 1.82) is 0 Å². The Labute approximate surface area is 186 Å². The van der Waals surface area contributed by atoms with Crippen molar-refractivity contribution in [3.63, 3.8) is 0 Å². The van der Waals surface area contributed by atoms with Gasteiger partial charge in [-0.25, -0.2) is 22.0 Å². The van der Waals surface area contributed by atoms with Gasteiger partial charge in [0.15, 0.2) is 0 Å². The number of amides is 1. The van der Waals surface area contributed by atoms with E-state index in [1.807, 2.05) is 0 Å². The summed E-state index contributed by atoms with van der Waals surface area (Å²) in [5, 5.41) is 0. The van der Waals surface area contributed by atoms with E-state index < -0.39 is 55.7 Å². The quantitative estimate of drug-likeness (QED) is 0.517.